The summed E-state index contributed by atoms with van der Waals surface area (Å²) in [6.07, 6.45) is -0.118. The molecule has 0 aliphatic carbocycles. The maximum Gasteiger partial charge on any atom is 0.433 e. The van der Waals surface area contributed by atoms with Crippen LogP contribution in [0.15, 0.2) is 18.6 Å². The van der Waals surface area contributed by atoms with Crippen LogP contribution in [-0.2, 0) is 19.8 Å². The van der Waals surface area contributed by atoms with Gasteiger partial charge in [0.05, 0.1) is 11.9 Å². The van der Waals surface area contributed by atoms with Gasteiger partial charge in [0.2, 0.25) is 0 Å². The standard InChI is InChI=1S/C14H18F3N7/c1-23-11(7-20-22-23)8-24-4-2-10(3-5-24)21-13-6-12(14(15,16)17)18-9-19-13/h6-7,9-10H,2-5,8H2,1H3,(H,18,19,21). The molecule has 0 spiro atoms. The van der Waals surface area contributed by atoms with E-state index < -0.39 is 11.9 Å². The number of halogens is 3. The zero-order valence-corrected chi connectivity index (χ0v) is 13.2. The minimum Gasteiger partial charge on any atom is -0.367 e. The number of anilines is 1. The van der Waals surface area contributed by atoms with E-state index in [0.29, 0.717) is 0 Å². The second-order valence-electron chi connectivity index (χ2n) is 5.83. The lowest BCUT2D eigenvalue weighted by Crippen LogP contribution is -2.39. The zero-order chi connectivity index (χ0) is 17.2. The third kappa shape index (κ3) is 3.99. The van der Waals surface area contributed by atoms with E-state index in [9.17, 15) is 13.2 Å². The van der Waals surface area contributed by atoms with E-state index in [-0.39, 0.29) is 11.9 Å². The van der Waals surface area contributed by atoms with Crippen molar-refractivity contribution < 1.29 is 13.2 Å². The molecular weight excluding hydrogens is 323 g/mol. The van der Waals surface area contributed by atoms with Crippen LogP contribution in [0.3, 0.4) is 0 Å². The number of nitrogens with one attached hydrogen (secondary N) is 1. The van der Waals surface area contributed by atoms with Gasteiger partial charge in [-0.1, -0.05) is 5.21 Å². The molecule has 0 radical (unpaired) electrons. The molecule has 3 rings (SSSR count). The number of rotatable bonds is 4. The Morgan fingerprint density at radius 2 is 2.00 bits per heavy atom. The maximum absolute atomic E-state index is 12.7. The normalized spacial score (nSPS) is 17.2. The summed E-state index contributed by atoms with van der Waals surface area (Å²) in [6.45, 7) is 2.46. The third-order valence-corrected chi connectivity index (χ3v) is 4.09. The molecule has 24 heavy (non-hydrogen) atoms. The smallest absolute Gasteiger partial charge is 0.367 e. The first-order chi connectivity index (χ1) is 11.4. The molecule has 1 aliphatic rings. The van der Waals surface area contributed by atoms with Gasteiger partial charge >= 0.3 is 6.18 Å². The Hall–Kier alpha value is -2.23. The minimum atomic E-state index is -4.46. The fourth-order valence-electron chi connectivity index (χ4n) is 2.72. The van der Waals surface area contributed by atoms with Gasteiger partial charge in [0.15, 0.2) is 0 Å². The van der Waals surface area contributed by atoms with E-state index in [1.807, 2.05) is 7.05 Å². The molecule has 1 N–H and O–H groups in total. The van der Waals surface area contributed by atoms with Gasteiger partial charge in [-0.05, 0) is 12.8 Å². The van der Waals surface area contributed by atoms with Crippen LogP contribution >= 0.6 is 0 Å². The predicted octanol–water partition coefficient (Wildman–Crippen LogP) is 1.70. The largest absolute Gasteiger partial charge is 0.433 e. The van der Waals surface area contributed by atoms with Gasteiger partial charge < -0.3 is 5.32 Å². The van der Waals surface area contributed by atoms with Crippen molar-refractivity contribution in [3.8, 4) is 0 Å². The minimum absolute atomic E-state index is 0.0990. The number of piperidine rings is 1. The number of hydrogen-bond acceptors (Lipinski definition) is 6. The van der Waals surface area contributed by atoms with Gasteiger partial charge in [-0.3, -0.25) is 9.58 Å². The Labute approximate surface area is 136 Å². The highest BCUT2D eigenvalue weighted by molar-refractivity contribution is 5.36. The average Bonchev–Trinajstić information content (AvgIpc) is 2.94. The Kier molecular flexibility index (Phi) is 4.65. The molecule has 130 valence electrons. The van der Waals surface area contributed by atoms with Gasteiger partial charge in [-0.25, -0.2) is 9.97 Å². The monoisotopic (exact) mass is 341 g/mol. The topological polar surface area (TPSA) is 71.8 Å². The molecule has 0 saturated carbocycles. The highest BCUT2D eigenvalue weighted by atomic mass is 19.4. The molecular formula is C14H18F3N7. The molecule has 7 nitrogen and oxygen atoms in total. The van der Waals surface area contributed by atoms with Gasteiger partial charge in [-0.2, -0.15) is 13.2 Å². The molecule has 0 amide bonds. The number of alkyl halides is 3. The van der Waals surface area contributed by atoms with Crippen molar-refractivity contribution in [1.82, 2.24) is 29.9 Å². The van der Waals surface area contributed by atoms with Crippen molar-refractivity contribution in [3.63, 3.8) is 0 Å². The third-order valence-electron chi connectivity index (χ3n) is 4.09. The van der Waals surface area contributed by atoms with Gasteiger partial charge in [0.25, 0.3) is 0 Å². The maximum atomic E-state index is 12.7. The van der Waals surface area contributed by atoms with Crippen molar-refractivity contribution in [2.45, 2.75) is 31.6 Å². The van der Waals surface area contributed by atoms with Crippen LogP contribution in [0, 0.1) is 0 Å². The lowest BCUT2D eigenvalue weighted by Gasteiger charge is -2.32. The van der Waals surface area contributed by atoms with Gasteiger partial charge in [0.1, 0.15) is 17.8 Å². The highest BCUT2D eigenvalue weighted by Gasteiger charge is 2.33. The predicted molar refractivity (Wildman–Crippen MR) is 80.0 cm³/mol. The summed E-state index contributed by atoms with van der Waals surface area (Å²) in [5.74, 6) is 0.214. The second-order valence-corrected chi connectivity index (χ2v) is 5.83. The number of hydrogen-bond donors (Lipinski definition) is 1. The van der Waals surface area contributed by atoms with Crippen molar-refractivity contribution in [3.05, 3.63) is 30.0 Å². The first-order valence-corrected chi connectivity index (χ1v) is 7.63. The molecule has 1 saturated heterocycles. The molecule has 0 atom stereocenters. The fourth-order valence-corrected chi connectivity index (χ4v) is 2.72. The van der Waals surface area contributed by atoms with Crippen molar-refractivity contribution in [2.24, 2.45) is 7.05 Å². The molecule has 1 fully saturated rings. The Morgan fingerprint density at radius 3 is 2.62 bits per heavy atom. The summed E-state index contributed by atoms with van der Waals surface area (Å²) in [7, 11) is 1.85. The molecule has 2 aromatic heterocycles. The van der Waals surface area contributed by atoms with Crippen LogP contribution in [-0.4, -0.2) is 49.0 Å². The first kappa shape index (κ1) is 16.6. The number of nitrogens with zero attached hydrogens (tertiary/aromatic N) is 6. The second kappa shape index (κ2) is 6.71. The van der Waals surface area contributed by atoms with E-state index in [4.69, 9.17) is 0 Å². The molecule has 0 bridgehead atoms. The molecule has 3 heterocycles. The van der Waals surface area contributed by atoms with Crippen LogP contribution in [0.1, 0.15) is 24.2 Å². The lowest BCUT2D eigenvalue weighted by molar-refractivity contribution is -0.141. The van der Waals surface area contributed by atoms with Crippen LogP contribution in [0.4, 0.5) is 19.0 Å². The van der Waals surface area contributed by atoms with Crippen molar-refractivity contribution in [2.75, 3.05) is 18.4 Å². The number of aryl methyl sites for hydroxylation is 1. The Balaban J connectivity index is 1.53. The van der Waals surface area contributed by atoms with Crippen LogP contribution in [0.25, 0.3) is 0 Å². The fraction of sp³-hybridized carbons (Fsp3) is 0.571. The van der Waals surface area contributed by atoms with Crippen LogP contribution in [0.5, 0.6) is 0 Å². The highest BCUT2D eigenvalue weighted by Crippen LogP contribution is 2.28. The van der Waals surface area contributed by atoms with Crippen LogP contribution in [0.2, 0.25) is 0 Å². The summed E-state index contributed by atoms with van der Waals surface area (Å²) in [5, 5.41) is 10.8. The molecule has 0 aromatic carbocycles. The van der Waals surface area contributed by atoms with Gasteiger partial charge in [0, 0.05) is 38.8 Å². The zero-order valence-electron chi connectivity index (χ0n) is 13.2. The van der Waals surface area contributed by atoms with Gasteiger partial charge in [-0.15, -0.1) is 5.10 Å². The summed E-state index contributed by atoms with van der Waals surface area (Å²) in [5.41, 5.74) is 0.105. The number of likely N-dealkylation sites (tertiary alicyclic amines) is 1. The summed E-state index contributed by atoms with van der Waals surface area (Å²) < 4.78 is 39.8. The summed E-state index contributed by atoms with van der Waals surface area (Å²) >= 11 is 0. The van der Waals surface area contributed by atoms with E-state index >= 15 is 0 Å². The van der Waals surface area contributed by atoms with E-state index in [1.165, 1.54) is 0 Å². The summed E-state index contributed by atoms with van der Waals surface area (Å²) in [4.78, 5) is 9.43. The van der Waals surface area contributed by atoms with E-state index in [1.54, 1.807) is 10.9 Å². The van der Waals surface area contributed by atoms with Crippen molar-refractivity contribution in [1.29, 1.82) is 0 Å². The Morgan fingerprint density at radius 1 is 1.25 bits per heavy atom. The van der Waals surface area contributed by atoms with E-state index in [2.05, 4.69) is 30.5 Å². The molecule has 10 heteroatoms. The molecule has 2 aromatic rings. The average molecular weight is 341 g/mol. The summed E-state index contributed by atoms with van der Waals surface area (Å²) in [6, 6.07) is 1.05. The van der Waals surface area contributed by atoms with E-state index in [0.717, 1.165) is 50.6 Å². The Bertz CT molecular complexity index is 677. The first-order valence-electron chi connectivity index (χ1n) is 7.63. The van der Waals surface area contributed by atoms with Crippen LogP contribution < -0.4 is 5.32 Å². The number of aromatic nitrogens is 5. The lowest BCUT2D eigenvalue weighted by atomic mass is 10.0. The SMILES string of the molecule is Cn1nncc1CN1CCC(Nc2cc(C(F)(F)F)ncn2)CC1. The molecule has 0 unspecified atom stereocenters. The van der Waals surface area contributed by atoms with Crippen molar-refractivity contribution >= 4 is 5.82 Å². The quantitative estimate of drug-likeness (QED) is 0.913. The molecule has 1 aliphatic heterocycles.